The van der Waals surface area contributed by atoms with Crippen molar-refractivity contribution < 1.29 is 9.53 Å². The monoisotopic (exact) mass is 294 g/mol. The third-order valence-corrected chi connectivity index (χ3v) is 3.19. The van der Waals surface area contributed by atoms with Gasteiger partial charge >= 0.3 is 6.09 Å². The maximum Gasteiger partial charge on any atom is 0.412 e. The maximum atomic E-state index is 11.8. The van der Waals surface area contributed by atoms with Crippen LogP contribution in [0.25, 0.3) is 5.13 Å². The molecule has 0 saturated carbocycles. The average molecular weight is 294 g/mol. The molecule has 1 N–H and O–H groups in total. The zero-order valence-electron chi connectivity index (χ0n) is 12.0. The highest BCUT2D eigenvalue weighted by molar-refractivity contribution is 7.12. The van der Waals surface area contributed by atoms with Crippen molar-refractivity contribution in [3.05, 3.63) is 23.5 Å². The van der Waals surface area contributed by atoms with E-state index in [4.69, 9.17) is 4.74 Å². The van der Waals surface area contributed by atoms with Crippen molar-refractivity contribution in [3.8, 4) is 5.13 Å². The van der Waals surface area contributed by atoms with Crippen molar-refractivity contribution in [1.82, 2.24) is 14.8 Å². The second kappa shape index (κ2) is 5.62. The minimum Gasteiger partial charge on any atom is -0.444 e. The van der Waals surface area contributed by atoms with Crippen molar-refractivity contribution in [3.63, 3.8) is 0 Å². The van der Waals surface area contributed by atoms with E-state index < -0.39 is 11.7 Å². The smallest absolute Gasteiger partial charge is 0.412 e. The molecule has 2 rings (SSSR count). The summed E-state index contributed by atoms with van der Waals surface area (Å²) < 4.78 is 6.97. The standard InChI is InChI=1S/C13H18N4O2S/c1-5-10-9(16-12(18)19-13(2,3)4)8-15-17(10)11-14-6-7-20-11/h6-8H,5H2,1-4H3,(H,16,18). The van der Waals surface area contributed by atoms with Crippen LogP contribution in [0.2, 0.25) is 0 Å². The summed E-state index contributed by atoms with van der Waals surface area (Å²) in [6.45, 7) is 7.48. The van der Waals surface area contributed by atoms with E-state index in [0.29, 0.717) is 5.69 Å². The van der Waals surface area contributed by atoms with Crippen LogP contribution in [0, 0.1) is 0 Å². The van der Waals surface area contributed by atoms with Gasteiger partial charge in [-0.2, -0.15) is 5.10 Å². The van der Waals surface area contributed by atoms with Gasteiger partial charge in [-0.3, -0.25) is 5.32 Å². The normalized spacial score (nSPS) is 11.4. The summed E-state index contributed by atoms with van der Waals surface area (Å²) in [5.41, 5.74) is 1.02. The summed E-state index contributed by atoms with van der Waals surface area (Å²) >= 11 is 1.49. The largest absolute Gasteiger partial charge is 0.444 e. The fourth-order valence-electron chi connectivity index (χ4n) is 1.72. The molecular formula is C13H18N4O2S. The number of amides is 1. The molecule has 20 heavy (non-hydrogen) atoms. The minimum absolute atomic E-state index is 0.481. The second-order valence-corrected chi connectivity index (χ2v) is 6.08. The number of ether oxygens (including phenoxy) is 1. The maximum absolute atomic E-state index is 11.8. The molecule has 0 aliphatic rings. The zero-order chi connectivity index (χ0) is 14.8. The lowest BCUT2D eigenvalue weighted by atomic mass is 10.2. The third-order valence-electron chi connectivity index (χ3n) is 2.44. The molecule has 2 aromatic rings. The fraction of sp³-hybridized carbons (Fsp3) is 0.462. The minimum atomic E-state index is -0.526. The predicted octanol–water partition coefficient (Wildman–Crippen LogP) is 3.24. The highest BCUT2D eigenvalue weighted by atomic mass is 32.1. The van der Waals surface area contributed by atoms with Gasteiger partial charge in [-0.05, 0) is 27.2 Å². The fourth-order valence-corrected chi connectivity index (χ4v) is 2.34. The number of anilines is 1. The van der Waals surface area contributed by atoms with Crippen molar-refractivity contribution >= 4 is 23.1 Å². The van der Waals surface area contributed by atoms with E-state index in [1.54, 1.807) is 17.1 Å². The molecule has 0 aliphatic heterocycles. The lowest BCUT2D eigenvalue weighted by molar-refractivity contribution is 0.0636. The molecule has 2 aromatic heterocycles. The quantitative estimate of drug-likeness (QED) is 0.943. The van der Waals surface area contributed by atoms with E-state index >= 15 is 0 Å². The van der Waals surface area contributed by atoms with Gasteiger partial charge in [0, 0.05) is 11.6 Å². The Kier molecular flexibility index (Phi) is 4.08. The first kappa shape index (κ1) is 14.5. The molecule has 0 aliphatic carbocycles. The lowest BCUT2D eigenvalue weighted by Gasteiger charge is -2.19. The van der Waals surface area contributed by atoms with E-state index in [2.05, 4.69) is 15.4 Å². The van der Waals surface area contributed by atoms with Crippen LogP contribution in [0.15, 0.2) is 17.8 Å². The molecule has 108 valence electrons. The molecule has 2 heterocycles. The second-order valence-electron chi connectivity index (χ2n) is 5.21. The number of aromatic nitrogens is 3. The Hall–Kier alpha value is -1.89. The summed E-state index contributed by atoms with van der Waals surface area (Å²) in [4.78, 5) is 16.0. The summed E-state index contributed by atoms with van der Waals surface area (Å²) in [5.74, 6) is 0. The van der Waals surface area contributed by atoms with Gasteiger partial charge in [-0.15, -0.1) is 11.3 Å². The molecule has 0 radical (unpaired) electrons. The van der Waals surface area contributed by atoms with Crippen LogP contribution in [0.3, 0.4) is 0 Å². The highest BCUT2D eigenvalue weighted by Gasteiger charge is 2.19. The van der Waals surface area contributed by atoms with Crippen molar-refractivity contribution in [1.29, 1.82) is 0 Å². The van der Waals surface area contributed by atoms with E-state index in [-0.39, 0.29) is 0 Å². The van der Waals surface area contributed by atoms with Gasteiger partial charge in [0.2, 0.25) is 5.13 Å². The summed E-state index contributed by atoms with van der Waals surface area (Å²) in [5, 5.41) is 9.67. The first-order valence-electron chi connectivity index (χ1n) is 6.37. The summed E-state index contributed by atoms with van der Waals surface area (Å²) in [6, 6.07) is 0. The van der Waals surface area contributed by atoms with E-state index in [0.717, 1.165) is 17.2 Å². The topological polar surface area (TPSA) is 69.0 Å². The molecule has 0 bridgehead atoms. The number of nitrogens with zero attached hydrogens (tertiary/aromatic N) is 3. The van der Waals surface area contributed by atoms with Gasteiger partial charge in [0.25, 0.3) is 0 Å². The molecular weight excluding hydrogens is 276 g/mol. The van der Waals surface area contributed by atoms with Gasteiger partial charge < -0.3 is 4.74 Å². The molecule has 0 atom stereocenters. The van der Waals surface area contributed by atoms with Crippen molar-refractivity contribution in [2.45, 2.75) is 39.7 Å². The van der Waals surface area contributed by atoms with Crippen LogP contribution >= 0.6 is 11.3 Å². The summed E-state index contributed by atoms with van der Waals surface area (Å²) in [6.07, 6.45) is 3.59. The molecule has 0 aromatic carbocycles. The van der Waals surface area contributed by atoms with Gasteiger partial charge in [-0.25, -0.2) is 14.5 Å². The molecule has 0 spiro atoms. The van der Waals surface area contributed by atoms with Crippen LogP contribution in [0.4, 0.5) is 10.5 Å². The highest BCUT2D eigenvalue weighted by Crippen LogP contribution is 2.22. The molecule has 0 unspecified atom stereocenters. The number of thiazole rings is 1. The van der Waals surface area contributed by atoms with E-state index in [1.165, 1.54) is 11.3 Å². The van der Waals surface area contributed by atoms with Crippen LogP contribution in [-0.2, 0) is 11.2 Å². The Bertz CT molecular complexity index is 584. The Balaban J connectivity index is 2.19. The van der Waals surface area contributed by atoms with Crippen molar-refractivity contribution in [2.24, 2.45) is 0 Å². The van der Waals surface area contributed by atoms with E-state index in [1.807, 2.05) is 33.1 Å². The molecule has 7 heteroatoms. The SMILES string of the molecule is CCc1c(NC(=O)OC(C)(C)C)cnn1-c1nccs1. The average Bonchev–Trinajstić information content (AvgIpc) is 2.93. The lowest BCUT2D eigenvalue weighted by Crippen LogP contribution is -2.27. The Morgan fingerprint density at radius 2 is 2.25 bits per heavy atom. The van der Waals surface area contributed by atoms with Crippen molar-refractivity contribution in [2.75, 3.05) is 5.32 Å². The molecule has 0 fully saturated rings. The van der Waals surface area contributed by atoms with E-state index in [9.17, 15) is 4.79 Å². The Morgan fingerprint density at radius 3 is 2.80 bits per heavy atom. The zero-order valence-corrected chi connectivity index (χ0v) is 12.8. The first-order chi connectivity index (χ1) is 9.40. The number of hydrogen-bond donors (Lipinski definition) is 1. The molecule has 6 nitrogen and oxygen atoms in total. The van der Waals surface area contributed by atoms with Gasteiger partial charge in [0.1, 0.15) is 5.60 Å². The van der Waals surface area contributed by atoms with Crippen LogP contribution in [0.1, 0.15) is 33.4 Å². The van der Waals surface area contributed by atoms with Crippen LogP contribution in [0.5, 0.6) is 0 Å². The van der Waals surface area contributed by atoms with Gasteiger partial charge in [-0.1, -0.05) is 6.92 Å². The van der Waals surface area contributed by atoms with Crippen LogP contribution < -0.4 is 5.32 Å². The number of carbonyl (C=O) groups is 1. The Labute approximate surface area is 121 Å². The summed E-state index contributed by atoms with van der Waals surface area (Å²) in [7, 11) is 0. The van der Waals surface area contributed by atoms with Gasteiger partial charge in [0.05, 0.1) is 17.6 Å². The third kappa shape index (κ3) is 3.36. The predicted molar refractivity (Wildman–Crippen MR) is 78.5 cm³/mol. The first-order valence-corrected chi connectivity index (χ1v) is 7.25. The number of hydrogen-bond acceptors (Lipinski definition) is 5. The van der Waals surface area contributed by atoms with Gasteiger partial charge in [0.15, 0.2) is 0 Å². The number of carbonyl (C=O) groups excluding carboxylic acids is 1. The molecule has 0 saturated heterocycles. The van der Waals surface area contributed by atoms with Crippen LogP contribution in [-0.4, -0.2) is 26.5 Å². The molecule has 1 amide bonds. The number of rotatable bonds is 3. The Morgan fingerprint density at radius 1 is 1.50 bits per heavy atom. The number of nitrogens with one attached hydrogen (secondary N) is 1.